The first-order valence-electron chi connectivity index (χ1n) is 9.16. The highest BCUT2D eigenvalue weighted by atomic mass is 127. The first-order chi connectivity index (χ1) is 14.7. The Labute approximate surface area is 188 Å². The van der Waals surface area contributed by atoms with Gasteiger partial charge in [0, 0.05) is 40.0 Å². The molecule has 2 N–H and O–H groups in total. The topological polar surface area (TPSA) is 103 Å². The third-order valence-corrected chi connectivity index (χ3v) is 5.06. The Morgan fingerprint density at radius 2 is 1.90 bits per heavy atom. The van der Waals surface area contributed by atoms with Gasteiger partial charge >= 0.3 is 3.93 Å². The van der Waals surface area contributed by atoms with Gasteiger partial charge in [-0.2, -0.15) is 8.78 Å². The zero-order valence-electron chi connectivity index (χ0n) is 16.0. The van der Waals surface area contributed by atoms with Crippen LogP contribution in [-0.4, -0.2) is 37.5 Å². The van der Waals surface area contributed by atoms with Gasteiger partial charge in [-0.25, -0.2) is 9.97 Å². The van der Waals surface area contributed by atoms with Crippen LogP contribution >= 0.6 is 22.6 Å². The van der Waals surface area contributed by atoms with Crippen molar-refractivity contribution >= 4 is 40.0 Å². The predicted molar refractivity (Wildman–Crippen MR) is 119 cm³/mol. The van der Waals surface area contributed by atoms with Crippen molar-refractivity contribution in [1.29, 1.82) is 0 Å². The molecule has 1 aromatic carbocycles. The number of pyridine rings is 1. The van der Waals surface area contributed by atoms with E-state index >= 15 is 0 Å². The maximum atomic E-state index is 13.3. The minimum Gasteiger partial charge on any atom is -0.475 e. The van der Waals surface area contributed by atoms with Crippen LogP contribution in [0.5, 0.6) is 5.88 Å². The number of hydrogen-bond acceptors (Lipinski definition) is 6. The minimum absolute atomic E-state index is 0.0235. The van der Waals surface area contributed by atoms with E-state index in [9.17, 15) is 18.4 Å². The van der Waals surface area contributed by atoms with Gasteiger partial charge < -0.3 is 19.9 Å². The fourth-order valence-electron chi connectivity index (χ4n) is 3.30. The molecular weight excluding hydrogens is 523 g/mol. The van der Waals surface area contributed by atoms with Gasteiger partial charge in [0.2, 0.25) is 5.88 Å². The highest BCUT2D eigenvalue weighted by Gasteiger charge is 2.29. The number of ether oxygens (including phenoxy) is 1. The van der Waals surface area contributed by atoms with Gasteiger partial charge in [0.05, 0.1) is 13.1 Å². The Morgan fingerprint density at radius 1 is 1.16 bits per heavy atom. The van der Waals surface area contributed by atoms with E-state index in [4.69, 9.17) is 10.5 Å². The molecule has 0 spiro atoms. The number of carbonyl (C=O) groups is 1. The predicted octanol–water partition coefficient (Wildman–Crippen LogP) is 2.95. The lowest BCUT2D eigenvalue weighted by atomic mass is 10.1. The summed E-state index contributed by atoms with van der Waals surface area (Å²) in [7, 11) is 0. The number of nitrogen functional groups attached to an aromatic ring is 1. The van der Waals surface area contributed by atoms with Crippen molar-refractivity contribution in [2.24, 2.45) is 0 Å². The molecule has 2 aromatic heterocycles. The number of nitrogens with two attached hydrogens (primary N) is 1. The van der Waals surface area contributed by atoms with Crippen LogP contribution in [0.25, 0.3) is 11.1 Å². The van der Waals surface area contributed by atoms with Crippen LogP contribution in [0, 0.1) is 0 Å². The maximum absolute atomic E-state index is 13.3. The Morgan fingerprint density at radius 3 is 2.61 bits per heavy atom. The molecule has 0 aliphatic carbocycles. The number of benzene rings is 1. The second kappa shape index (κ2) is 8.21. The molecule has 0 bridgehead atoms. The zero-order valence-corrected chi connectivity index (χ0v) is 18.1. The number of nitrogens with zero attached hydrogens (tertiary/aromatic N) is 4. The normalized spacial score (nSPS) is 14.0. The van der Waals surface area contributed by atoms with Crippen molar-refractivity contribution in [2.45, 2.75) is 10.5 Å². The monoisotopic (exact) mass is 539 g/mol. The molecule has 8 nitrogen and oxygen atoms in total. The van der Waals surface area contributed by atoms with Gasteiger partial charge in [-0.15, -0.1) is 0 Å². The number of amides is 1. The van der Waals surface area contributed by atoms with Crippen LogP contribution in [0.15, 0.2) is 53.7 Å². The van der Waals surface area contributed by atoms with E-state index in [1.807, 2.05) is 0 Å². The van der Waals surface area contributed by atoms with Crippen molar-refractivity contribution in [2.75, 3.05) is 23.8 Å². The summed E-state index contributed by atoms with van der Waals surface area (Å²) in [6.45, 7) is -0.245. The number of hydrogen-bond donors (Lipinski definition) is 1. The number of carbonyl (C=O) groups excluding carboxylic acids is 1. The summed E-state index contributed by atoms with van der Waals surface area (Å²) in [6, 6.07) is 9.76. The van der Waals surface area contributed by atoms with Gasteiger partial charge in [-0.1, -0.05) is 12.1 Å². The molecule has 1 amide bonds. The van der Waals surface area contributed by atoms with E-state index in [-0.39, 0.29) is 36.0 Å². The van der Waals surface area contributed by atoms with Gasteiger partial charge in [0.25, 0.3) is 11.5 Å². The highest BCUT2D eigenvalue weighted by molar-refractivity contribution is 14.1. The smallest absolute Gasteiger partial charge is 0.314 e. The SMILES string of the molecule is Nc1ncnc2c1C(=O)N(c1ccc(-c3cccn(CC(F)(F)I)c3=O)cc1)CCO2. The quantitative estimate of drug-likeness (QED) is 0.404. The lowest BCUT2D eigenvalue weighted by Gasteiger charge is -2.20. The number of fused-ring (bicyclic) bond motifs is 1. The number of halogens is 3. The second-order valence-corrected chi connectivity index (χ2v) is 8.34. The van der Waals surface area contributed by atoms with Crippen LogP contribution < -0.4 is 20.9 Å². The second-order valence-electron chi connectivity index (χ2n) is 6.76. The Balaban J connectivity index is 1.65. The third-order valence-electron chi connectivity index (χ3n) is 4.71. The van der Waals surface area contributed by atoms with E-state index in [0.29, 0.717) is 11.3 Å². The van der Waals surface area contributed by atoms with Gasteiger partial charge in [0.1, 0.15) is 24.3 Å². The van der Waals surface area contributed by atoms with Gasteiger partial charge in [-0.05, 0) is 29.8 Å². The summed E-state index contributed by atoms with van der Waals surface area (Å²) in [4.78, 5) is 34.9. The fraction of sp³-hybridized carbons (Fsp3) is 0.200. The van der Waals surface area contributed by atoms with Crippen molar-refractivity contribution in [3.8, 4) is 17.0 Å². The van der Waals surface area contributed by atoms with Crippen molar-refractivity contribution in [3.63, 3.8) is 0 Å². The molecule has 31 heavy (non-hydrogen) atoms. The zero-order chi connectivity index (χ0) is 22.2. The van der Waals surface area contributed by atoms with Gasteiger partial charge in [-0.3, -0.25) is 9.59 Å². The largest absolute Gasteiger partial charge is 0.475 e. The Kier molecular flexibility index (Phi) is 5.60. The third kappa shape index (κ3) is 4.36. The molecular formula is C20H16F2IN5O3. The summed E-state index contributed by atoms with van der Waals surface area (Å²) in [5.41, 5.74) is 6.80. The molecule has 0 saturated carbocycles. The van der Waals surface area contributed by atoms with Crippen LogP contribution in [0.1, 0.15) is 10.4 Å². The Bertz CT molecular complexity index is 1190. The van der Waals surface area contributed by atoms with Crippen LogP contribution in [-0.2, 0) is 6.54 Å². The molecule has 0 radical (unpaired) electrons. The number of rotatable bonds is 4. The summed E-state index contributed by atoms with van der Waals surface area (Å²) in [5, 5.41) is 0. The van der Waals surface area contributed by atoms with Crippen molar-refractivity contribution < 1.29 is 18.3 Å². The van der Waals surface area contributed by atoms with Crippen molar-refractivity contribution in [3.05, 3.63) is 64.8 Å². The summed E-state index contributed by atoms with van der Waals surface area (Å²) < 4.78 is 30.1. The minimum atomic E-state index is -3.04. The lowest BCUT2D eigenvalue weighted by Crippen LogP contribution is -2.32. The lowest BCUT2D eigenvalue weighted by molar-refractivity contribution is 0.0989. The van der Waals surface area contributed by atoms with E-state index in [1.165, 1.54) is 17.4 Å². The average molecular weight is 539 g/mol. The van der Waals surface area contributed by atoms with E-state index in [1.54, 1.807) is 36.4 Å². The van der Waals surface area contributed by atoms with E-state index in [2.05, 4.69) is 9.97 Å². The summed E-state index contributed by atoms with van der Waals surface area (Å²) in [5.74, 6) is -0.242. The molecule has 0 unspecified atom stereocenters. The van der Waals surface area contributed by atoms with Crippen LogP contribution in [0.2, 0.25) is 0 Å². The standard InChI is InChI=1S/C20H16F2IN5O3/c21-20(22,23)10-27-7-1-2-14(18(27)29)12-3-5-13(6-4-12)28-8-9-31-17-15(19(28)30)16(24)25-11-26-17/h1-7,11H,8-10H2,(H2,24,25,26). The fourth-order valence-corrected chi connectivity index (χ4v) is 3.67. The Hall–Kier alpha value is -3.09. The first kappa shape index (κ1) is 21.2. The molecule has 0 fully saturated rings. The number of alkyl halides is 3. The molecule has 3 heterocycles. The molecule has 0 atom stereocenters. The molecule has 4 rings (SSSR count). The molecule has 11 heteroatoms. The van der Waals surface area contributed by atoms with Crippen LogP contribution in [0.4, 0.5) is 20.3 Å². The number of aromatic nitrogens is 3. The molecule has 3 aromatic rings. The number of anilines is 2. The molecule has 160 valence electrons. The van der Waals surface area contributed by atoms with Crippen molar-refractivity contribution in [1.82, 2.24) is 14.5 Å². The molecule has 1 aliphatic heterocycles. The van der Waals surface area contributed by atoms with Crippen LogP contribution in [0.3, 0.4) is 0 Å². The maximum Gasteiger partial charge on any atom is 0.314 e. The first-order valence-corrected chi connectivity index (χ1v) is 10.2. The summed E-state index contributed by atoms with van der Waals surface area (Å²) in [6.07, 6.45) is 2.55. The molecule has 1 aliphatic rings. The summed E-state index contributed by atoms with van der Waals surface area (Å²) >= 11 is 1.00. The highest BCUT2D eigenvalue weighted by Crippen LogP contribution is 2.29. The van der Waals surface area contributed by atoms with E-state index in [0.717, 1.165) is 27.2 Å². The van der Waals surface area contributed by atoms with Gasteiger partial charge in [0.15, 0.2) is 0 Å². The molecule has 0 saturated heterocycles. The van der Waals surface area contributed by atoms with E-state index < -0.39 is 21.9 Å². The average Bonchev–Trinajstić information content (AvgIpc) is 2.88.